The summed E-state index contributed by atoms with van der Waals surface area (Å²) in [5, 5.41) is 22.8. The highest BCUT2D eigenvalue weighted by molar-refractivity contribution is 5.40. The van der Waals surface area contributed by atoms with E-state index in [-0.39, 0.29) is 12.4 Å². The Balaban J connectivity index is 1.97. The Bertz CT molecular complexity index is 442. The Morgan fingerprint density at radius 3 is 2.74 bits per heavy atom. The third kappa shape index (κ3) is 3.25. The number of aromatic nitrogens is 1. The van der Waals surface area contributed by atoms with Crippen LogP contribution in [0.2, 0.25) is 0 Å². The lowest BCUT2D eigenvalue weighted by Crippen LogP contribution is -2.24. The highest BCUT2D eigenvalue weighted by atomic mass is 16.3. The van der Waals surface area contributed by atoms with Gasteiger partial charge in [0.2, 0.25) is 0 Å². The Morgan fingerprint density at radius 1 is 1.42 bits per heavy atom. The van der Waals surface area contributed by atoms with Gasteiger partial charge in [-0.3, -0.25) is 4.98 Å². The van der Waals surface area contributed by atoms with E-state index >= 15 is 0 Å². The number of pyridine rings is 1. The van der Waals surface area contributed by atoms with Gasteiger partial charge in [-0.15, -0.1) is 0 Å². The normalized spacial score (nSPS) is 16.6. The minimum absolute atomic E-state index is 0.0854. The smallest absolute Gasteiger partial charge is 0.141 e. The van der Waals surface area contributed by atoms with Crippen molar-refractivity contribution in [3.63, 3.8) is 0 Å². The molecule has 0 radical (unpaired) electrons. The maximum Gasteiger partial charge on any atom is 0.141 e. The fraction of sp³-hybridized carbons (Fsp3) is 0.667. The van der Waals surface area contributed by atoms with Gasteiger partial charge in [-0.2, -0.15) is 0 Å². The molecule has 1 fully saturated rings. The first-order valence-corrected chi connectivity index (χ1v) is 7.10. The maximum atomic E-state index is 10.0. The molecule has 0 unspecified atom stereocenters. The molecule has 1 aromatic heterocycles. The van der Waals surface area contributed by atoms with Crippen LogP contribution in [0, 0.1) is 12.3 Å². The van der Waals surface area contributed by atoms with Gasteiger partial charge in [0.15, 0.2) is 0 Å². The molecule has 0 aromatic carbocycles. The van der Waals surface area contributed by atoms with E-state index in [1.54, 1.807) is 13.1 Å². The van der Waals surface area contributed by atoms with E-state index in [9.17, 15) is 10.2 Å². The summed E-state index contributed by atoms with van der Waals surface area (Å²) in [5.41, 5.74) is 2.59. The topological polar surface area (TPSA) is 65.4 Å². The van der Waals surface area contributed by atoms with Crippen molar-refractivity contribution < 1.29 is 10.2 Å². The lowest BCUT2D eigenvalue weighted by Gasteiger charge is -2.17. The second kappa shape index (κ2) is 5.88. The molecule has 0 spiro atoms. The van der Waals surface area contributed by atoms with E-state index in [2.05, 4.69) is 17.2 Å². The average molecular weight is 264 g/mol. The quantitative estimate of drug-likeness (QED) is 0.707. The van der Waals surface area contributed by atoms with Crippen molar-refractivity contribution in [2.24, 2.45) is 5.41 Å². The van der Waals surface area contributed by atoms with Gasteiger partial charge >= 0.3 is 0 Å². The van der Waals surface area contributed by atoms with E-state index in [1.165, 1.54) is 25.7 Å². The number of nitrogens with one attached hydrogen (secondary N) is 1. The van der Waals surface area contributed by atoms with Crippen molar-refractivity contribution in [2.75, 3.05) is 6.54 Å². The van der Waals surface area contributed by atoms with Gasteiger partial charge in [-0.05, 0) is 31.6 Å². The predicted octanol–water partition coefficient (Wildman–Crippen LogP) is 2.26. The molecule has 0 saturated heterocycles. The third-order valence-electron chi connectivity index (χ3n) is 4.14. The zero-order valence-electron chi connectivity index (χ0n) is 11.9. The third-order valence-corrected chi connectivity index (χ3v) is 4.14. The molecule has 0 amide bonds. The van der Waals surface area contributed by atoms with Crippen LogP contribution in [-0.2, 0) is 13.2 Å². The van der Waals surface area contributed by atoms with Gasteiger partial charge in [0.05, 0.1) is 12.3 Å². The largest absolute Gasteiger partial charge is 0.506 e. The number of hydrogen-bond acceptors (Lipinski definition) is 4. The van der Waals surface area contributed by atoms with E-state index in [0.29, 0.717) is 23.2 Å². The molecule has 1 saturated carbocycles. The van der Waals surface area contributed by atoms with E-state index in [0.717, 1.165) is 12.1 Å². The molecule has 4 nitrogen and oxygen atoms in total. The molecule has 0 atom stereocenters. The van der Waals surface area contributed by atoms with Crippen LogP contribution in [0.1, 0.15) is 49.4 Å². The van der Waals surface area contributed by atoms with Crippen molar-refractivity contribution in [3.8, 4) is 5.75 Å². The monoisotopic (exact) mass is 264 g/mol. The highest BCUT2D eigenvalue weighted by Gasteiger charge is 2.40. The van der Waals surface area contributed by atoms with Crippen molar-refractivity contribution in [3.05, 3.63) is 23.0 Å². The Kier molecular flexibility index (Phi) is 4.42. The molecule has 1 aliphatic rings. The second-order valence-electron chi connectivity index (χ2n) is 5.71. The fourth-order valence-corrected chi connectivity index (χ4v) is 2.69. The highest BCUT2D eigenvalue weighted by Crippen LogP contribution is 2.49. The Labute approximate surface area is 114 Å². The summed E-state index contributed by atoms with van der Waals surface area (Å²) in [5.74, 6) is 0.208. The lowest BCUT2D eigenvalue weighted by molar-refractivity contribution is 0.278. The molecule has 1 heterocycles. The summed E-state index contributed by atoms with van der Waals surface area (Å²) in [6.45, 7) is 5.50. The standard InChI is InChI=1S/C15H24N2O2/c1-3-4-15(5-6-15)10-16-8-13-12(9-18)7-17-11(2)14(13)19/h7,16,18-19H,3-6,8-10H2,1-2H3. The first-order chi connectivity index (χ1) is 9.12. The van der Waals surface area contributed by atoms with Crippen molar-refractivity contribution >= 4 is 0 Å². The lowest BCUT2D eigenvalue weighted by atomic mass is 10.0. The van der Waals surface area contributed by atoms with Crippen molar-refractivity contribution in [2.45, 2.75) is 52.7 Å². The van der Waals surface area contributed by atoms with Crippen LogP contribution in [0.5, 0.6) is 5.75 Å². The number of rotatable bonds is 7. The van der Waals surface area contributed by atoms with Crippen molar-refractivity contribution in [1.82, 2.24) is 10.3 Å². The first kappa shape index (κ1) is 14.3. The van der Waals surface area contributed by atoms with Crippen LogP contribution < -0.4 is 5.32 Å². The number of aliphatic hydroxyl groups is 1. The van der Waals surface area contributed by atoms with Crippen molar-refractivity contribution in [1.29, 1.82) is 0 Å². The molecule has 3 N–H and O–H groups in total. The fourth-order valence-electron chi connectivity index (χ4n) is 2.69. The van der Waals surface area contributed by atoms with Crippen LogP contribution in [0.25, 0.3) is 0 Å². The van der Waals surface area contributed by atoms with E-state index in [1.807, 2.05) is 0 Å². The molecule has 1 aliphatic carbocycles. The molecule has 19 heavy (non-hydrogen) atoms. The Morgan fingerprint density at radius 2 is 2.16 bits per heavy atom. The summed E-state index contributed by atoms with van der Waals surface area (Å²) >= 11 is 0. The molecule has 1 aromatic rings. The minimum atomic E-state index is -0.0854. The predicted molar refractivity (Wildman–Crippen MR) is 74.8 cm³/mol. The van der Waals surface area contributed by atoms with E-state index < -0.39 is 0 Å². The summed E-state index contributed by atoms with van der Waals surface area (Å²) < 4.78 is 0. The SMILES string of the molecule is CCCC1(CNCc2c(CO)cnc(C)c2O)CC1. The number of hydrogen-bond donors (Lipinski definition) is 3. The van der Waals surface area contributed by atoms with Crippen LogP contribution >= 0.6 is 0 Å². The van der Waals surface area contributed by atoms with Crippen LogP contribution in [0.15, 0.2) is 6.20 Å². The molecule has 106 valence electrons. The maximum absolute atomic E-state index is 10.0. The van der Waals surface area contributed by atoms with Crippen LogP contribution in [0.3, 0.4) is 0 Å². The van der Waals surface area contributed by atoms with E-state index in [4.69, 9.17) is 0 Å². The summed E-state index contributed by atoms with van der Waals surface area (Å²) in [7, 11) is 0. The van der Waals surface area contributed by atoms with Crippen LogP contribution in [-0.4, -0.2) is 21.7 Å². The molecule has 0 aliphatic heterocycles. The summed E-state index contributed by atoms with van der Waals surface area (Å²) in [6, 6.07) is 0. The van der Waals surface area contributed by atoms with Crippen LogP contribution in [0.4, 0.5) is 0 Å². The number of aromatic hydroxyl groups is 1. The number of aliphatic hydroxyl groups excluding tert-OH is 1. The molecule has 0 bridgehead atoms. The Hall–Kier alpha value is -1.13. The average Bonchev–Trinajstić information content (AvgIpc) is 3.15. The zero-order chi connectivity index (χ0) is 13.9. The second-order valence-corrected chi connectivity index (χ2v) is 5.71. The summed E-state index contributed by atoms with van der Waals surface area (Å²) in [4.78, 5) is 4.07. The van der Waals surface area contributed by atoms with Gasteiger partial charge in [-0.25, -0.2) is 0 Å². The zero-order valence-corrected chi connectivity index (χ0v) is 11.9. The molecular weight excluding hydrogens is 240 g/mol. The first-order valence-electron chi connectivity index (χ1n) is 7.10. The van der Waals surface area contributed by atoms with Gasteiger partial charge in [0.1, 0.15) is 5.75 Å². The van der Waals surface area contributed by atoms with Gasteiger partial charge < -0.3 is 15.5 Å². The number of nitrogens with zero attached hydrogens (tertiary/aromatic N) is 1. The summed E-state index contributed by atoms with van der Waals surface area (Å²) in [6.07, 6.45) is 6.76. The minimum Gasteiger partial charge on any atom is -0.506 e. The molecule has 2 rings (SSSR count). The molecule has 4 heteroatoms. The van der Waals surface area contributed by atoms with Gasteiger partial charge in [0.25, 0.3) is 0 Å². The van der Waals surface area contributed by atoms with Gasteiger partial charge in [-0.1, -0.05) is 13.3 Å². The number of aryl methyl sites for hydroxylation is 1. The molecular formula is C15H24N2O2. The van der Waals surface area contributed by atoms with Gasteiger partial charge in [0, 0.05) is 30.4 Å².